The second-order valence-corrected chi connectivity index (χ2v) is 5.36. The summed E-state index contributed by atoms with van der Waals surface area (Å²) in [4.78, 5) is 11.4. The molecule has 0 aromatic heterocycles. The van der Waals surface area contributed by atoms with Crippen LogP contribution in [0.4, 0.5) is 0 Å². The molecular weight excluding hydrogens is 272 g/mol. The van der Waals surface area contributed by atoms with Crippen molar-refractivity contribution in [1.82, 2.24) is 0 Å². The van der Waals surface area contributed by atoms with E-state index in [2.05, 4.69) is 49.0 Å². The maximum atomic E-state index is 11.4. The van der Waals surface area contributed by atoms with Gasteiger partial charge in [0.15, 0.2) is 0 Å². The van der Waals surface area contributed by atoms with Crippen LogP contribution in [0.1, 0.15) is 5.56 Å². The van der Waals surface area contributed by atoms with Gasteiger partial charge < -0.3 is 4.74 Å². The summed E-state index contributed by atoms with van der Waals surface area (Å²) in [5.74, 6) is -0.397. The fraction of sp³-hybridized carbons (Fsp3) is 0.0500. The SMILES string of the molecule is C=CC(=O)OCc1cccc2c1-c1cccc3cccc-2c13. The van der Waals surface area contributed by atoms with Gasteiger partial charge in [-0.3, -0.25) is 0 Å². The van der Waals surface area contributed by atoms with Crippen LogP contribution in [0.25, 0.3) is 33.0 Å². The molecule has 3 aromatic carbocycles. The van der Waals surface area contributed by atoms with Crippen LogP contribution in [0.3, 0.4) is 0 Å². The van der Waals surface area contributed by atoms with Crippen molar-refractivity contribution >= 4 is 16.7 Å². The Kier molecular flexibility index (Phi) is 2.83. The molecule has 2 nitrogen and oxygen atoms in total. The zero-order chi connectivity index (χ0) is 15.1. The summed E-state index contributed by atoms with van der Waals surface area (Å²) < 4.78 is 5.24. The smallest absolute Gasteiger partial charge is 0.330 e. The van der Waals surface area contributed by atoms with E-state index in [4.69, 9.17) is 4.74 Å². The lowest BCUT2D eigenvalue weighted by molar-refractivity contribution is -0.138. The Morgan fingerprint density at radius 3 is 2.41 bits per heavy atom. The molecule has 106 valence electrons. The Hall–Kier alpha value is -2.87. The quantitative estimate of drug-likeness (QED) is 0.402. The zero-order valence-corrected chi connectivity index (χ0v) is 12.0. The number of rotatable bonds is 3. The topological polar surface area (TPSA) is 26.3 Å². The molecule has 0 heterocycles. The Morgan fingerprint density at radius 2 is 1.64 bits per heavy atom. The van der Waals surface area contributed by atoms with Crippen molar-refractivity contribution in [2.24, 2.45) is 0 Å². The zero-order valence-electron chi connectivity index (χ0n) is 12.0. The lowest BCUT2D eigenvalue weighted by Gasteiger charge is -2.10. The van der Waals surface area contributed by atoms with Crippen molar-refractivity contribution in [3.63, 3.8) is 0 Å². The molecule has 1 aliphatic carbocycles. The first kappa shape index (κ1) is 12.8. The van der Waals surface area contributed by atoms with Crippen LogP contribution in [0.15, 0.2) is 67.3 Å². The summed E-state index contributed by atoms with van der Waals surface area (Å²) in [6.45, 7) is 3.70. The van der Waals surface area contributed by atoms with Crippen LogP contribution in [-0.4, -0.2) is 5.97 Å². The van der Waals surface area contributed by atoms with Gasteiger partial charge in [0.2, 0.25) is 0 Å². The van der Waals surface area contributed by atoms with Gasteiger partial charge in [0.05, 0.1) is 0 Å². The highest BCUT2D eigenvalue weighted by Gasteiger charge is 2.23. The summed E-state index contributed by atoms with van der Waals surface area (Å²) in [5, 5.41) is 2.52. The van der Waals surface area contributed by atoms with E-state index < -0.39 is 5.97 Å². The van der Waals surface area contributed by atoms with E-state index in [0.29, 0.717) is 0 Å². The molecule has 0 unspecified atom stereocenters. The minimum absolute atomic E-state index is 0.262. The number of fused-ring (bicyclic) bond motifs is 3. The molecule has 3 aromatic rings. The molecule has 0 bridgehead atoms. The minimum atomic E-state index is -0.397. The molecule has 0 atom stereocenters. The molecule has 2 heteroatoms. The summed E-state index contributed by atoms with van der Waals surface area (Å²) in [6.07, 6.45) is 1.19. The molecule has 0 saturated carbocycles. The predicted molar refractivity (Wildman–Crippen MR) is 88.4 cm³/mol. The maximum Gasteiger partial charge on any atom is 0.330 e. The highest BCUT2D eigenvalue weighted by molar-refractivity contribution is 6.15. The van der Waals surface area contributed by atoms with E-state index >= 15 is 0 Å². The first-order valence-electron chi connectivity index (χ1n) is 7.23. The molecular formula is C20H14O2. The lowest BCUT2D eigenvalue weighted by atomic mass is 9.99. The number of carbonyl (C=O) groups is 1. The molecule has 0 N–H and O–H groups in total. The average molecular weight is 286 g/mol. The van der Waals surface area contributed by atoms with E-state index in [9.17, 15) is 4.79 Å². The van der Waals surface area contributed by atoms with E-state index in [1.165, 1.54) is 39.1 Å². The van der Waals surface area contributed by atoms with Crippen molar-refractivity contribution < 1.29 is 9.53 Å². The average Bonchev–Trinajstić information content (AvgIpc) is 2.90. The van der Waals surface area contributed by atoms with Gasteiger partial charge in [0, 0.05) is 6.08 Å². The first-order chi connectivity index (χ1) is 10.8. The van der Waals surface area contributed by atoms with Crippen LogP contribution < -0.4 is 0 Å². The van der Waals surface area contributed by atoms with Crippen molar-refractivity contribution in [2.45, 2.75) is 6.61 Å². The maximum absolute atomic E-state index is 11.4. The molecule has 0 spiro atoms. The largest absolute Gasteiger partial charge is 0.458 e. The first-order valence-corrected chi connectivity index (χ1v) is 7.23. The third kappa shape index (κ3) is 1.77. The van der Waals surface area contributed by atoms with Crippen molar-refractivity contribution in [3.8, 4) is 22.3 Å². The fourth-order valence-electron chi connectivity index (χ4n) is 3.24. The van der Waals surface area contributed by atoms with E-state index in [-0.39, 0.29) is 6.61 Å². The number of ether oxygens (including phenoxy) is 1. The molecule has 0 fully saturated rings. The standard InChI is InChI=1S/C20H14O2/c1-2-18(21)22-12-14-8-5-10-16-15-9-3-6-13-7-4-11-17(19(13)15)20(14)16/h2-11H,1,12H2. The normalized spacial score (nSPS) is 11.3. The van der Waals surface area contributed by atoms with Crippen LogP contribution in [0.5, 0.6) is 0 Å². The number of esters is 1. The molecule has 0 saturated heterocycles. The number of benzene rings is 3. The van der Waals surface area contributed by atoms with Gasteiger partial charge in [-0.15, -0.1) is 0 Å². The summed E-state index contributed by atoms with van der Waals surface area (Å²) in [6, 6.07) is 18.9. The third-order valence-corrected chi connectivity index (χ3v) is 4.15. The summed E-state index contributed by atoms with van der Waals surface area (Å²) in [7, 11) is 0. The lowest BCUT2D eigenvalue weighted by Crippen LogP contribution is -2.01. The van der Waals surface area contributed by atoms with Gasteiger partial charge in [-0.05, 0) is 38.6 Å². The molecule has 0 aliphatic heterocycles. The van der Waals surface area contributed by atoms with Crippen molar-refractivity contribution in [2.75, 3.05) is 0 Å². The number of hydrogen-bond acceptors (Lipinski definition) is 2. The Morgan fingerprint density at radius 1 is 0.955 bits per heavy atom. The van der Waals surface area contributed by atoms with Gasteiger partial charge in [0.1, 0.15) is 6.61 Å². The highest BCUT2D eigenvalue weighted by Crippen LogP contribution is 2.48. The number of carbonyl (C=O) groups excluding carboxylic acids is 1. The van der Waals surface area contributed by atoms with Gasteiger partial charge in [-0.2, -0.15) is 0 Å². The van der Waals surface area contributed by atoms with Gasteiger partial charge in [0.25, 0.3) is 0 Å². The summed E-state index contributed by atoms with van der Waals surface area (Å²) >= 11 is 0. The Bertz CT molecular complexity index is 917. The monoisotopic (exact) mass is 286 g/mol. The van der Waals surface area contributed by atoms with Crippen LogP contribution in [0.2, 0.25) is 0 Å². The van der Waals surface area contributed by atoms with Gasteiger partial charge >= 0.3 is 5.97 Å². The molecule has 22 heavy (non-hydrogen) atoms. The second-order valence-electron chi connectivity index (χ2n) is 5.36. The molecule has 1 aliphatic rings. The third-order valence-electron chi connectivity index (χ3n) is 4.15. The van der Waals surface area contributed by atoms with E-state index in [0.717, 1.165) is 5.56 Å². The van der Waals surface area contributed by atoms with Crippen LogP contribution in [0, 0.1) is 0 Å². The van der Waals surface area contributed by atoms with Crippen LogP contribution >= 0.6 is 0 Å². The second kappa shape index (κ2) is 4.85. The van der Waals surface area contributed by atoms with E-state index in [1.807, 2.05) is 12.1 Å². The van der Waals surface area contributed by atoms with Crippen molar-refractivity contribution in [3.05, 3.63) is 72.8 Å². The fourth-order valence-corrected chi connectivity index (χ4v) is 3.24. The van der Waals surface area contributed by atoms with Crippen molar-refractivity contribution in [1.29, 1.82) is 0 Å². The van der Waals surface area contributed by atoms with Gasteiger partial charge in [-0.1, -0.05) is 61.2 Å². The van der Waals surface area contributed by atoms with Gasteiger partial charge in [-0.25, -0.2) is 4.79 Å². The Labute approximate surface area is 128 Å². The minimum Gasteiger partial charge on any atom is -0.458 e. The van der Waals surface area contributed by atoms with E-state index in [1.54, 1.807) is 0 Å². The number of hydrogen-bond donors (Lipinski definition) is 0. The van der Waals surface area contributed by atoms with Crippen LogP contribution in [-0.2, 0) is 16.1 Å². The Balaban J connectivity index is 1.91. The highest BCUT2D eigenvalue weighted by atomic mass is 16.5. The molecule has 0 amide bonds. The predicted octanol–water partition coefficient (Wildman–Crippen LogP) is 4.72. The molecule has 4 rings (SSSR count). The molecule has 0 radical (unpaired) electrons. The summed E-state index contributed by atoms with van der Waals surface area (Å²) in [5.41, 5.74) is 5.87.